The predicted molar refractivity (Wildman–Crippen MR) is 146 cm³/mol. The van der Waals surface area contributed by atoms with Crippen LogP contribution in [0.3, 0.4) is 0 Å². The molecule has 1 aromatic heterocycles. The van der Waals surface area contributed by atoms with Gasteiger partial charge in [-0.25, -0.2) is 0 Å². The second-order valence-corrected chi connectivity index (χ2v) is 9.16. The van der Waals surface area contributed by atoms with Gasteiger partial charge in [0.05, 0.1) is 12.9 Å². The first-order valence-corrected chi connectivity index (χ1v) is 12.1. The van der Waals surface area contributed by atoms with E-state index in [1.54, 1.807) is 20.4 Å². The average molecular weight is 668 g/mol. The molecular formula is C24H30I2N2O4. The van der Waals surface area contributed by atoms with Gasteiger partial charge in [-0.05, 0) is 59.1 Å². The first-order chi connectivity index (χ1) is 16.0. The highest BCUT2D eigenvalue weighted by Gasteiger charge is 2.63. The van der Waals surface area contributed by atoms with E-state index in [4.69, 9.17) is 16.7 Å². The van der Waals surface area contributed by atoms with Crippen molar-refractivity contribution in [2.24, 2.45) is 5.92 Å². The molecule has 2 aliphatic rings. The largest absolute Gasteiger partial charge is 0.489 e. The molecule has 2 aromatic carbocycles. The minimum Gasteiger partial charge on any atom is -0.489 e. The summed E-state index contributed by atoms with van der Waals surface area (Å²) in [7, 11) is 3.31. The molecule has 3 aromatic rings. The Labute approximate surface area is 220 Å². The van der Waals surface area contributed by atoms with Gasteiger partial charge in [0.1, 0.15) is 26.2 Å². The topological polar surface area (TPSA) is 72.7 Å². The maximum absolute atomic E-state index is 11.6. The summed E-state index contributed by atoms with van der Waals surface area (Å²) in [5, 5.41) is 1.18. The summed E-state index contributed by atoms with van der Waals surface area (Å²) < 4.78 is 31.2. The molecule has 0 saturated heterocycles. The number of carbonyl (C=O) groups is 1. The predicted octanol–water partition coefficient (Wildman–Crippen LogP) is 5.89. The van der Waals surface area contributed by atoms with Gasteiger partial charge < -0.3 is 13.9 Å². The van der Waals surface area contributed by atoms with Crippen molar-refractivity contribution in [2.75, 3.05) is 20.7 Å². The van der Waals surface area contributed by atoms with Gasteiger partial charge in [0, 0.05) is 62.6 Å². The van der Waals surface area contributed by atoms with Crippen LogP contribution in [0.25, 0.3) is 11.0 Å². The van der Waals surface area contributed by atoms with Crippen molar-refractivity contribution in [3.8, 4) is 5.75 Å². The number of rotatable bonds is 2. The first kappa shape index (κ1) is 23.8. The SMILES string of the molecule is CCOC(=O)C1C2Oc3ccc(C)cc3C21.Cc1ccc2occc2c1.[3H]N(C)I.[3H]N(C)I. The van der Waals surface area contributed by atoms with Gasteiger partial charge >= 0.3 is 5.97 Å². The van der Waals surface area contributed by atoms with E-state index in [2.05, 4.69) is 26.0 Å². The molecule has 0 bridgehead atoms. The number of hydrogen-bond acceptors (Lipinski definition) is 6. The summed E-state index contributed by atoms with van der Waals surface area (Å²) in [6, 6.07) is 14.2. The Morgan fingerprint density at radius 2 is 1.72 bits per heavy atom. The molecule has 1 fully saturated rings. The molecule has 1 saturated carbocycles. The summed E-state index contributed by atoms with van der Waals surface area (Å²) in [5.74, 6) is 0.967. The smallest absolute Gasteiger partial charge is 0.313 e. The van der Waals surface area contributed by atoms with Crippen molar-refractivity contribution in [3.05, 3.63) is 65.4 Å². The molecular weight excluding hydrogens is 634 g/mol. The number of benzene rings is 2. The third kappa shape index (κ3) is 7.06. The van der Waals surface area contributed by atoms with Gasteiger partial charge in [-0.1, -0.05) is 29.3 Å². The summed E-state index contributed by atoms with van der Waals surface area (Å²) in [6.07, 6.45) is 1.74. The molecule has 8 heteroatoms. The van der Waals surface area contributed by atoms with Crippen LogP contribution < -0.4 is 11.8 Å². The summed E-state index contributed by atoms with van der Waals surface area (Å²) in [4.78, 5) is 11.6. The molecule has 0 spiro atoms. The van der Waals surface area contributed by atoms with Crippen LogP contribution in [0.5, 0.6) is 5.75 Å². The Morgan fingerprint density at radius 1 is 1.09 bits per heavy atom. The van der Waals surface area contributed by atoms with E-state index in [-0.39, 0.29) is 23.9 Å². The van der Waals surface area contributed by atoms with Crippen molar-refractivity contribution < 1.29 is 21.5 Å². The molecule has 2 heterocycles. The third-order valence-corrected chi connectivity index (χ3v) is 4.91. The van der Waals surface area contributed by atoms with Gasteiger partial charge in [-0.15, -0.1) is 0 Å². The van der Waals surface area contributed by atoms with Crippen molar-refractivity contribution in [2.45, 2.75) is 32.8 Å². The highest BCUT2D eigenvalue weighted by Crippen LogP contribution is 2.58. The monoisotopic (exact) mass is 668 g/mol. The van der Waals surface area contributed by atoms with E-state index in [1.807, 2.05) is 83.0 Å². The second-order valence-electron chi connectivity index (χ2n) is 7.23. The summed E-state index contributed by atoms with van der Waals surface area (Å²) in [6.45, 7) is 6.40. The highest BCUT2D eigenvalue weighted by atomic mass is 127. The number of nitrogens with one attached hydrogen (secondary N) is 2. The number of hydrogen-bond donors (Lipinski definition) is 2. The number of carbonyl (C=O) groups excluding carboxylic acids is 1. The van der Waals surface area contributed by atoms with Crippen LogP contribution in [0.4, 0.5) is 0 Å². The van der Waals surface area contributed by atoms with Crippen LogP contribution in [0.2, 0.25) is 2.82 Å². The fourth-order valence-electron chi connectivity index (χ4n) is 3.59. The Kier molecular flexibility index (Phi) is 9.93. The third-order valence-electron chi connectivity index (χ3n) is 4.91. The first-order valence-electron chi connectivity index (χ1n) is 11.1. The van der Waals surface area contributed by atoms with Crippen molar-refractivity contribution in [1.82, 2.24) is 7.05 Å². The minimum atomic E-state index is -0.121. The van der Waals surface area contributed by atoms with Gasteiger partial charge in [-0.3, -0.25) is 11.8 Å². The summed E-state index contributed by atoms with van der Waals surface area (Å²) >= 11 is 3.69. The molecule has 6 nitrogen and oxygen atoms in total. The van der Waals surface area contributed by atoms with Crippen LogP contribution in [-0.4, -0.2) is 32.8 Å². The molecule has 1 aliphatic carbocycles. The number of esters is 1. The Morgan fingerprint density at radius 3 is 2.38 bits per heavy atom. The lowest BCUT2D eigenvalue weighted by molar-refractivity contribution is -0.145. The molecule has 3 atom stereocenters. The van der Waals surface area contributed by atoms with Crippen LogP contribution in [-0.2, 0) is 9.53 Å². The molecule has 2 N–H and O–H groups in total. The molecule has 5 rings (SSSR count). The summed E-state index contributed by atoms with van der Waals surface area (Å²) in [5.41, 5.74) is 4.61. The minimum absolute atomic E-state index is 0.0239. The Balaban J connectivity index is 0.000000193. The van der Waals surface area contributed by atoms with Gasteiger partial charge in [0.2, 0.25) is 0 Å². The van der Waals surface area contributed by atoms with E-state index in [1.165, 1.54) is 29.1 Å². The zero-order valence-electron chi connectivity index (χ0n) is 20.8. The van der Waals surface area contributed by atoms with E-state index in [9.17, 15) is 4.79 Å². The number of furan rings is 1. The van der Waals surface area contributed by atoms with Crippen LogP contribution in [0.15, 0.2) is 53.1 Å². The lowest BCUT2D eigenvalue weighted by Gasteiger charge is -2.08. The van der Waals surface area contributed by atoms with Gasteiger partial charge in [-0.2, -0.15) is 0 Å². The van der Waals surface area contributed by atoms with E-state index in [0.717, 1.165) is 11.3 Å². The number of aryl methyl sites for hydroxylation is 2. The van der Waals surface area contributed by atoms with Crippen LogP contribution >= 0.6 is 45.7 Å². The number of halogens is 2. The maximum Gasteiger partial charge on any atom is 0.313 e. The molecule has 0 amide bonds. The van der Waals surface area contributed by atoms with E-state index >= 15 is 0 Å². The zero-order chi connectivity index (χ0) is 25.4. The lowest BCUT2D eigenvalue weighted by Crippen LogP contribution is -2.13. The highest BCUT2D eigenvalue weighted by molar-refractivity contribution is 14.1. The van der Waals surface area contributed by atoms with Crippen molar-refractivity contribution in [1.29, 1.82) is 0 Å². The van der Waals surface area contributed by atoms with E-state index < -0.39 is 0 Å². The molecule has 174 valence electrons. The number of ether oxygens (including phenoxy) is 2. The van der Waals surface area contributed by atoms with Gasteiger partial charge in [0.25, 0.3) is 0 Å². The average Bonchev–Trinajstić information content (AvgIpc) is 3.06. The fraction of sp³-hybridized carbons (Fsp3) is 0.375. The number of fused-ring (bicyclic) bond motifs is 4. The Bertz CT molecular complexity index is 1070. The van der Waals surface area contributed by atoms with E-state index in [0.29, 0.717) is 6.61 Å². The second kappa shape index (κ2) is 13.4. The Hall–Kier alpha value is -1.37. The maximum atomic E-state index is 11.6. The fourth-order valence-corrected chi connectivity index (χ4v) is 3.59. The van der Waals surface area contributed by atoms with Crippen LogP contribution in [0, 0.1) is 19.8 Å². The van der Waals surface area contributed by atoms with Crippen molar-refractivity contribution >= 4 is 62.7 Å². The lowest BCUT2D eigenvalue weighted by atomic mass is 10.1. The van der Waals surface area contributed by atoms with Crippen LogP contribution in [0.1, 0.15) is 29.5 Å². The standard InChI is InChI=1S/C13H14O3.C9H8O.2CH4IN/c1-3-15-13(14)11-10-8-6-7(2)4-5-9(8)16-12(10)11;1-7-2-3-9-8(6-7)4-5-10-9;2*1-3-2/h4-6,10-12H,3H2,1-2H3;2-6H,1H3;2*3H,1H3/i/hT2. The molecule has 0 radical (unpaired) electrons. The molecule has 1 aliphatic heterocycles. The van der Waals surface area contributed by atoms with Gasteiger partial charge in [0.15, 0.2) is 0 Å². The zero-order valence-corrected chi connectivity index (χ0v) is 23.2. The van der Waals surface area contributed by atoms with Crippen molar-refractivity contribution in [3.63, 3.8) is 0 Å². The quantitative estimate of drug-likeness (QED) is 0.202. The molecule has 32 heavy (non-hydrogen) atoms. The molecule has 3 unspecified atom stereocenters. The normalized spacial score (nSPS) is 20.1.